The highest BCUT2D eigenvalue weighted by atomic mass is 16.5. The van der Waals surface area contributed by atoms with Crippen LogP contribution in [0.25, 0.3) is 21.8 Å². The number of fused-ring (bicyclic) bond motifs is 3. The first-order valence-corrected chi connectivity index (χ1v) is 10.6. The number of methoxy groups -OCH3 is 1. The molecular weight excluding hydrogens is 404 g/mol. The van der Waals surface area contributed by atoms with Crippen LogP contribution in [0, 0.1) is 5.41 Å². The van der Waals surface area contributed by atoms with Gasteiger partial charge in [0.2, 0.25) is 0 Å². The lowest BCUT2D eigenvalue weighted by molar-refractivity contribution is 0.0356. The lowest BCUT2D eigenvalue weighted by Gasteiger charge is -2.18. The molecule has 0 saturated carbocycles. The number of carbonyl (C=O) groups is 1. The predicted molar refractivity (Wildman–Crippen MR) is 125 cm³/mol. The van der Waals surface area contributed by atoms with E-state index in [9.17, 15) is 4.79 Å². The summed E-state index contributed by atoms with van der Waals surface area (Å²) in [6.45, 7) is 7.08. The highest BCUT2D eigenvalue weighted by Gasteiger charge is 2.22. The predicted octanol–water partition coefficient (Wildman–Crippen LogP) is 5.64. The molecule has 166 valence electrons. The summed E-state index contributed by atoms with van der Waals surface area (Å²) >= 11 is 0. The molecule has 0 atom stereocenters. The molecule has 4 aromatic rings. The molecule has 0 bridgehead atoms. The van der Waals surface area contributed by atoms with Crippen molar-refractivity contribution in [3.63, 3.8) is 0 Å². The van der Waals surface area contributed by atoms with Crippen molar-refractivity contribution in [1.82, 2.24) is 9.97 Å². The van der Waals surface area contributed by atoms with Gasteiger partial charge in [0.1, 0.15) is 12.4 Å². The van der Waals surface area contributed by atoms with Gasteiger partial charge in [-0.25, -0.2) is 9.78 Å². The number of H-pyrrole nitrogens is 1. The fourth-order valence-electron chi connectivity index (χ4n) is 3.58. The van der Waals surface area contributed by atoms with Crippen molar-refractivity contribution in [2.45, 2.75) is 34.0 Å². The summed E-state index contributed by atoms with van der Waals surface area (Å²) in [7, 11) is 1.60. The van der Waals surface area contributed by atoms with Crippen LogP contribution >= 0.6 is 0 Å². The number of carbonyl (C=O) groups excluding carboxylic acids is 1. The summed E-state index contributed by atoms with van der Waals surface area (Å²) in [5, 5.41) is 1.84. The van der Waals surface area contributed by atoms with E-state index in [1.165, 1.54) is 0 Å². The van der Waals surface area contributed by atoms with Crippen molar-refractivity contribution in [3.8, 4) is 5.75 Å². The highest BCUT2D eigenvalue weighted by Crippen LogP contribution is 2.33. The lowest BCUT2D eigenvalue weighted by atomic mass is 9.99. The van der Waals surface area contributed by atoms with Gasteiger partial charge in [0.15, 0.2) is 5.69 Å². The molecule has 0 saturated heterocycles. The van der Waals surface area contributed by atoms with E-state index in [1.807, 2.05) is 69.3 Å². The Balaban J connectivity index is 1.73. The number of hydrogen-bond donors (Lipinski definition) is 1. The molecule has 0 aliphatic carbocycles. The summed E-state index contributed by atoms with van der Waals surface area (Å²) in [5.74, 6) is 0.305. The molecule has 6 heteroatoms. The molecule has 0 spiro atoms. The first kappa shape index (κ1) is 21.8. The quantitative estimate of drug-likeness (QED) is 0.382. The van der Waals surface area contributed by atoms with Gasteiger partial charge in [0, 0.05) is 29.0 Å². The number of aromatic nitrogens is 2. The molecule has 32 heavy (non-hydrogen) atoms. The molecule has 2 aromatic heterocycles. The maximum Gasteiger partial charge on any atom is 0.357 e. The third-order valence-electron chi connectivity index (χ3n) is 5.08. The molecule has 0 amide bonds. The average Bonchev–Trinajstić information content (AvgIpc) is 3.15. The molecule has 0 unspecified atom stereocenters. The van der Waals surface area contributed by atoms with Gasteiger partial charge in [-0.05, 0) is 29.2 Å². The van der Waals surface area contributed by atoms with E-state index in [2.05, 4.69) is 9.97 Å². The number of aromatic amines is 1. The summed E-state index contributed by atoms with van der Waals surface area (Å²) in [4.78, 5) is 20.6. The molecule has 6 nitrogen and oxygen atoms in total. The van der Waals surface area contributed by atoms with Gasteiger partial charge < -0.3 is 19.2 Å². The zero-order valence-corrected chi connectivity index (χ0v) is 18.9. The average molecular weight is 433 g/mol. The summed E-state index contributed by atoms with van der Waals surface area (Å²) in [6, 6.07) is 15.9. The van der Waals surface area contributed by atoms with E-state index in [0.29, 0.717) is 18.8 Å². The molecule has 2 aromatic carbocycles. The normalized spacial score (nSPS) is 11.8. The van der Waals surface area contributed by atoms with Crippen LogP contribution in [0.3, 0.4) is 0 Å². The van der Waals surface area contributed by atoms with Gasteiger partial charge in [-0.2, -0.15) is 0 Å². The molecule has 4 rings (SSSR count). The topological polar surface area (TPSA) is 73.4 Å². The molecule has 0 fully saturated rings. The standard InChI is InChI=1S/C26H28N2O4/c1-26(2,3)16-32-25(29)24-20(15-30-4)23-19-12-18(31-14-17-8-6-5-7-9-17)10-11-21(19)28-22(23)13-27-24/h5-13,28H,14-16H2,1-4H3. The minimum atomic E-state index is -0.445. The minimum absolute atomic E-state index is 0.132. The Bertz CT molecular complexity index is 1240. The van der Waals surface area contributed by atoms with Crippen LogP contribution in [0.15, 0.2) is 54.7 Å². The van der Waals surface area contributed by atoms with Gasteiger partial charge in [0.25, 0.3) is 0 Å². The van der Waals surface area contributed by atoms with E-state index < -0.39 is 5.97 Å². The van der Waals surface area contributed by atoms with Gasteiger partial charge in [0.05, 0.1) is 24.9 Å². The number of nitrogens with zero attached hydrogens (tertiary/aromatic N) is 1. The van der Waals surface area contributed by atoms with Crippen molar-refractivity contribution >= 4 is 27.8 Å². The number of hydrogen-bond acceptors (Lipinski definition) is 5. The first-order chi connectivity index (χ1) is 15.4. The fraction of sp³-hybridized carbons (Fsp3) is 0.308. The van der Waals surface area contributed by atoms with Crippen molar-refractivity contribution < 1.29 is 19.0 Å². The summed E-state index contributed by atoms with van der Waals surface area (Å²) in [6.07, 6.45) is 1.67. The number of rotatable bonds is 7. The van der Waals surface area contributed by atoms with Crippen molar-refractivity contribution in [3.05, 3.63) is 71.5 Å². The molecule has 0 radical (unpaired) electrons. The maximum absolute atomic E-state index is 12.8. The van der Waals surface area contributed by atoms with Crippen LogP contribution in [-0.4, -0.2) is 29.7 Å². The van der Waals surface area contributed by atoms with E-state index in [-0.39, 0.29) is 17.7 Å². The van der Waals surface area contributed by atoms with Gasteiger partial charge in [-0.3, -0.25) is 0 Å². The van der Waals surface area contributed by atoms with Gasteiger partial charge in [-0.15, -0.1) is 0 Å². The van der Waals surface area contributed by atoms with Gasteiger partial charge in [-0.1, -0.05) is 51.1 Å². The zero-order chi connectivity index (χ0) is 22.7. The van der Waals surface area contributed by atoms with Crippen LogP contribution in [0.4, 0.5) is 0 Å². The highest BCUT2D eigenvalue weighted by molar-refractivity contribution is 6.11. The number of ether oxygens (including phenoxy) is 3. The number of nitrogens with one attached hydrogen (secondary N) is 1. The van der Waals surface area contributed by atoms with Gasteiger partial charge >= 0.3 is 5.97 Å². The Kier molecular flexibility index (Phi) is 6.15. The Morgan fingerprint density at radius 2 is 1.81 bits per heavy atom. The molecule has 1 N–H and O–H groups in total. The molecule has 0 aliphatic rings. The second-order valence-electron chi connectivity index (χ2n) is 9.05. The summed E-state index contributed by atoms with van der Waals surface area (Å²) in [5.41, 5.74) is 3.72. The first-order valence-electron chi connectivity index (χ1n) is 10.6. The van der Waals surface area contributed by atoms with E-state index in [0.717, 1.165) is 33.1 Å². The van der Waals surface area contributed by atoms with E-state index in [1.54, 1.807) is 13.3 Å². The Hall–Kier alpha value is -3.38. The zero-order valence-electron chi connectivity index (χ0n) is 18.9. The minimum Gasteiger partial charge on any atom is -0.489 e. The fourth-order valence-corrected chi connectivity index (χ4v) is 3.58. The van der Waals surface area contributed by atoms with E-state index in [4.69, 9.17) is 14.2 Å². The number of pyridine rings is 1. The summed E-state index contributed by atoms with van der Waals surface area (Å²) < 4.78 is 17.0. The molecule has 0 aliphatic heterocycles. The largest absolute Gasteiger partial charge is 0.489 e. The van der Waals surface area contributed by atoms with E-state index >= 15 is 0 Å². The molecule has 2 heterocycles. The van der Waals surface area contributed by atoms with Crippen LogP contribution < -0.4 is 4.74 Å². The maximum atomic E-state index is 12.8. The number of benzene rings is 2. The second kappa shape index (κ2) is 9.01. The molecular formula is C26H28N2O4. The van der Waals surface area contributed by atoms with Crippen LogP contribution in [0.1, 0.15) is 42.4 Å². The van der Waals surface area contributed by atoms with Crippen LogP contribution in [-0.2, 0) is 22.7 Å². The SMILES string of the molecule is COCc1c(C(=O)OCC(C)(C)C)ncc2[nH]c3ccc(OCc4ccccc4)cc3c12. The second-order valence-corrected chi connectivity index (χ2v) is 9.05. The lowest BCUT2D eigenvalue weighted by Crippen LogP contribution is -2.20. The Labute approximate surface area is 187 Å². The Morgan fingerprint density at radius 1 is 1.03 bits per heavy atom. The Morgan fingerprint density at radius 3 is 2.53 bits per heavy atom. The van der Waals surface area contributed by atoms with Crippen LogP contribution in [0.2, 0.25) is 0 Å². The van der Waals surface area contributed by atoms with Crippen LogP contribution in [0.5, 0.6) is 5.75 Å². The monoisotopic (exact) mass is 432 g/mol. The van der Waals surface area contributed by atoms with Crippen molar-refractivity contribution in [1.29, 1.82) is 0 Å². The smallest absolute Gasteiger partial charge is 0.357 e. The van der Waals surface area contributed by atoms with Crippen molar-refractivity contribution in [2.75, 3.05) is 13.7 Å². The number of esters is 1. The third kappa shape index (κ3) is 4.75. The third-order valence-corrected chi connectivity index (χ3v) is 5.08. The van der Waals surface area contributed by atoms with Crippen molar-refractivity contribution in [2.24, 2.45) is 5.41 Å².